The van der Waals surface area contributed by atoms with E-state index in [4.69, 9.17) is 4.74 Å². The SMILES string of the molecule is CCC1CC(OCCNC/C=C/CCC=C(C)C)C(C)(C)C1(C)C. The van der Waals surface area contributed by atoms with Crippen LogP contribution in [0.15, 0.2) is 23.8 Å². The molecule has 2 unspecified atom stereocenters. The monoisotopic (exact) mass is 335 g/mol. The fourth-order valence-corrected chi connectivity index (χ4v) is 3.87. The first-order valence-corrected chi connectivity index (χ1v) is 9.84. The van der Waals surface area contributed by atoms with Gasteiger partial charge in [-0.15, -0.1) is 0 Å². The van der Waals surface area contributed by atoms with Crippen LogP contribution in [0.4, 0.5) is 0 Å². The van der Waals surface area contributed by atoms with Gasteiger partial charge in [0.2, 0.25) is 0 Å². The highest BCUT2D eigenvalue weighted by atomic mass is 16.5. The normalized spacial score (nSPS) is 25.3. The lowest BCUT2D eigenvalue weighted by molar-refractivity contribution is -0.0387. The zero-order valence-electron chi connectivity index (χ0n) is 17.2. The van der Waals surface area contributed by atoms with Crippen molar-refractivity contribution >= 4 is 0 Å². The Bertz CT molecular complexity index is 416. The van der Waals surface area contributed by atoms with E-state index >= 15 is 0 Å². The predicted molar refractivity (Wildman–Crippen MR) is 106 cm³/mol. The van der Waals surface area contributed by atoms with Crippen LogP contribution in [0.1, 0.15) is 74.1 Å². The van der Waals surface area contributed by atoms with Crippen LogP contribution in [0.2, 0.25) is 0 Å². The van der Waals surface area contributed by atoms with Gasteiger partial charge in [-0.2, -0.15) is 0 Å². The second kappa shape index (κ2) is 9.77. The van der Waals surface area contributed by atoms with E-state index < -0.39 is 0 Å². The Hall–Kier alpha value is -0.600. The first kappa shape index (κ1) is 21.4. The average Bonchev–Trinajstić information content (AvgIpc) is 2.67. The molecule has 0 bridgehead atoms. The number of nitrogens with one attached hydrogen (secondary N) is 1. The molecule has 0 heterocycles. The summed E-state index contributed by atoms with van der Waals surface area (Å²) in [6.07, 6.45) is 11.9. The maximum Gasteiger partial charge on any atom is 0.0634 e. The van der Waals surface area contributed by atoms with Crippen molar-refractivity contribution in [2.24, 2.45) is 16.7 Å². The third kappa shape index (κ3) is 5.74. The van der Waals surface area contributed by atoms with Gasteiger partial charge in [-0.3, -0.25) is 0 Å². The molecule has 0 aliphatic heterocycles. The van der Waals surface area contributed by atoms with Gasteiger partial charge in [0, 0.05) is 13.1 Å². The minimum atomic E-state index is 0.249. The molecule has 2 atom stereocenters. The molecule has 0 spiro atoms. The molecule has 0 radical (unpaired) electrons. The highest BCUT2D eigenvalue weighted by Crippen LogP contribution is 2.57. The van der Waals surface area contributed by atoms with Gasteiger partial charge >= 0.3 is 0 Å². The van der Waals surface area contributed by atoms with Crippen LogP contribution in [0.3, 0.4) is 0 Å². The molecule has 0 aromatic rings. The minimum absolute atomic E-state index is 0.249. The van der Waals surface area contributed by atoms with E-state index in [1.165, 1.54) is 18.4 Å². The van der Waals surface area contributed by atoms with Crippen LogP contribution >= 0.6 is 0 Å². The van der Waals surface area contributed by atoms with E-state index in [-0.39, 0.29) is 5.41 Å². The van der Waals surface area contributed by atoms with Crippen molar-refractivity contribution in [2.45, 2.75) is 80.3 Å². The molecule has 1 saturated carbocycles. The maximum absolute atomic E-state index is 6.26. The molecule has 1 aliphatic rings. The van der Waals surface area contributed by atoms with Gasteiger partial charge in [0.05, 0.1) is 12.7 Å². The van der Waals surface area contributed by atoms with Crippen molar-refractivity contribution in [2.75, 3.05) is 19.7 Å². The number of rotatable bonds is 10. The molecule has 0 aromatic heterocycles. The lowest BCUT2D eigenvalue weighted by Gasteiger charge is -2.41. The largest absolute Gasteiger partial charge is 0.376 e. The summed E-state index contributed by atoms with van der Waals surface area (Å²) >= 11 is 0. The summed E-state index contributed by atoms with van der Waals surface area (Å²) in [5.74, 6) is 0.772. The van der Waals surface area contributed by atoms with Gasteiger partial charge in [0.25, 0.3) is 0 Å². The fraction of sp³-hybridized carbons (Fsp3) is 0.818. The Labute approximate surface area is 151 Å². The highest BCUT2D eigenvalue weighted by Gasteiger charge is 2.54. The quantitative estimate of drug-likeness (QED) is 0.405. The Morgan fingerprint density at radius 1 is 1.08 bits per heavy atom. The Kier molecular flexibility index (Phi) is 8.73. The summed E-state index contributed by atoms with van der Waals surface area (Å²) in [4.78, 5) is 0. The molecule has 2 heteroatoms. The molecule has 140 valence electrons. The van der Waals surface area contributed by atoms with Crippen LogP contribution in [-0.2, 0) is 4.74 Å². The van der Waals surface area contributed by atoms with E-state index in [0.717, 1.165) is 38.5 Å². The van der Waals surface area contributed by atoms with Crippen molar-refractivity contribution in [1.82, 2.24) is 5.32 Å². The van der Waals surface area contributed by atoms with Crippen molar-refractivity contribution in [1.29, 1.82) is 0 Å². The van der Waals surface area contributed by atoms with Gasteiger partial charge in [0.15, 0.2) is 0 Å². The number of unbranched alkanes of at least 4 members (excludes halogenated alkanes) is 1. The number of hydrogen-bond donors (Lipinski definition) is 1. The number of allylic oxidation sites excluding steroid dienone is 3. The summed E-state index contributed by atoms with van der Waals surface area (Å²) in [5, 5.41) is 3.46. The van der Waals surface area contributed by atoms with E-state index in [0.29, 0.717) is 11.5 Å². The molecule has 0 saturated heterocycles. The fourth-order valence-electron chi connectivity index (χ4n) is 3.87. The molecular formula is C22H41NO. The maximum atomic E-state index is 6.26. The van der Waals surface area contributed by atoms with Crippen LogP contribution in [0.25, 0.3) is 0 Å². The molecule has 2 nitrogen and oxygen atoms in total. The summed E-state index contributed by atoms with van der Waals surface area (Å²) in [7, 11) is 0. The van der Waals surface area contributed by atoms with Gasteiger partial charge in [-0.25, -0.2) is 0 Å². The Morgan fingerprint density at radius 3 is 2.38 bits per heavy atom. The molecule has 1 aliphatic carbocycles. The minimum Gasteiger partial charge on any atom is -0.376 e. The van der Waals surface area contributed by atoms with E-state index in [2.05, 4.69) is 72.0 Å². The smallest absolute Gasteiger partial charge is 0.0634 e. The lowest BCUT2D eigenvalue weighted by atomic mass is 9.66. The molecule has 1 rings (SSSR count). The Balaban J connectivity index is 2.20. The summed E-state index contributed by atoms with van der Waals surface area (Å²) in [6.45, 7) is 18.9. The van der Waals surface area contributed by atoms with Gasteiger partial charge in [-0.05, 0) is 49.9 Å². The standard InChI is InChI=1S/C22H41NO/c1-8-19-17-20(22(6,7)21(19,4)5)24-16-15-23-14-12-10-9-11-13-18(2)3/h10,12-13,19-20,23H,8-9,11,14-17H2,1-7H3/b12-10+. The molecule has 0 aromatic carbocycles. The van der Waals surface area contributed by atoms with E-state index in [1.54, 1.807) is 0 Å². The number of hydrogen-bond acceptors (Lipinski definition) is 2. The topological polar surface area (TPSA) is 21.3 Å². The zero-order valence-corrected chi connectivity index (χ0v) is 17.2. The van der Waals surface area contributed by atoms with Crippen LogP contribution in [0, 0.1) is 16.7 Å². The molecule has 1 fully saturated rings. The highest BCUT2D eigenvalue weighted by molar-refractivity contribution is 5.03. The predicted octanol–water partition coefficient (Wildman–Crippen LogP) is 5.75. The number of ether oxygens (including phenoxy) is 1. The van der Waals surface area contributed by atoms with Crippen LogP contribution in [0.5, 0.6) is 0 Å². The van der Waals surface area contributed by atoms with Gasteiger partial charge < -0.3 is 10.1 Å². The molecule has 24 heavy (non-hydrogen) atoms. The summed E-state index contributed by atoms with van der Waals surface area (Å²) < 4.78 is 6.26. The molecular weight excluding hydrogens is 294 g/mol. The van der Waals surface area contributed by atoms with Crippen molar-refractivity contribution in [3.05, 3.63) is 23.8 Å². The van der Waals surface area contributed by atoms with E-state index in [9.17, 15) is 0 Å². The van der Waals surface area contributed by atoms with Crippen LogP contribution in [-0.4, -0.2) is 25.8 Å². The molecule has 0 amide bonds. The zero-order chi connectivity index (χ0) is 18.2. The first-order valence-electron chi connectivity index (χ1n) is 9.84. The molecule has 1 N–H and O–H groups in total. The third-order valence-corrected chi connectivity index (χ3v) is 6.39. The third-order valence-electron chi connectivity index (χ3n) is 6.39. The van der Waals surface area contributed by atoms with Gasteiger partial charge in [0.1, 0.15) is 0 Å². The first-order chi connectivity index (χ1) is 11.2. The van der Waals surface area contributed by atoms with Crippen LogP contribution < -0.4 is 5.32 Å². The van der Waals surface area contributed by atoms with E-state index in [1.807, 2.05) is 0 Å². The average molecular weight is 336 g/mol. The summed E-state index contributed by atoms with van der Waals surface area (Å²) in [5.41, 5.74) is 2.01. The second-order valence-electron chi connectivity index (χ2n) is 8.68. The lowest BCUT2D eigenvalue weighted by Crippen LogP contribution is -2.38. The second-order valence-corrected chi connectivity index (χ2v) is 8.68. The van der Waals surface area contributed by atoms with Crippen molar-refractivity contribution < 1.29 is 4.74 Å². The van der Waals surface area contributed by atoms with Crippen molar-refractivity contribution in [3.63, 3.8) is 0 Å². The van der Waals surface area contributed by atoms with Gasteiger partial charge in [-0.1, -0.05) is 64.8 Å². The van der Waals surface area contributed by atoms with Crippen molar-refractivity contribution in [3.8, 4) is 0 Å². The summed E-state index contributed by atoms with van der Waals surface area (Å²) in [6, 6.07) is 0. The Morgan fingerprint density at radius 2 is 1.79 bits per heavy atom.